The summed E-state index contributed by atoms with van der Waals surface area (Å²) in [5, 5.41) is 0. The van der Waals surface area contributed by atoms with Crippen LogP contribution in [-0.4, -0.2) is 9.55 Å². The fraction of sp³-hybridized carbons (Fsp3) is 0. The quantitative estimate of drug-likeness (QED) is 0.738. The smallest absolute Gasteiger partial charge is 0.255 e. The number of aromatic nitrogens is 2. The highest BCUT2D eigenvalue weighted by atomic mass is 16.1. The van der Waals surface area contributed by atoms with Gasteiger partial charge in [-0.2, -0.15) is 0 Å². The van der Waals surface area contributed by atoms with E-state index in [1.807, 2.05) is 18.2 Å². The van der Waals surface area contributed by atoms with Gasteiger partial charge in [0.2, 0.25) is 0 Å². The largest absolute Gasteiger partial charge is 0.283 e. The minimum atomic E-state index is -0.0642. The zero-order valence-electron chi connectivity index (χ0n) is 8.13. The Kier molecular flexibility index (Phi) is 2.46. The van der Waals surface area contributed by atoms with E-state index in [2.05, 4.69) is 11.6 Å². The molecule has 3 heteroatoms. The molecule has 2 rings (SSSR count). The lowest BCUT2D eigenvalue weighted by Gasteiger charge is -2.03. The zero-order chi connectivity index (χ0) is 10.7. The highest BCUT2D eigenvalue weighted by Gasteiger charge is 1.97. The lowest BCUT2D eigenvalue weighted by atomic mass is 10.3. The first kappa shape index (κ1) is 9.40. The molecule has 74 valence electrons. The van der Waals surface area contributed by atoms with Gasteiger partial charge < -0.3 is 0 Å². The summed E-state index contributed by atoms with van der Waals surface area (Å²) in [5.41, 5.74) is 1.49. The van der Waals surface area contributed by atoms with E-state index in [1.54, 1.807) is 29.1 Å². The van der Waals surface area contributed by atoms with Crippen LogP contribution in [0.15, 0.2) is 54.1 Å². The summed E-state index contributed by atoms with van der Waals surface area (Å²) in [6, 6.07) is 8.70. The molecule has 0 bridgehead atoms. The van der Waals surface area contributed by atoms with Gasteiger partial charge in [0.15, 0.2) is 0 Å². The van der Waals surface area contributed by atoms with Crippen molar-refractivity contribution in [3.63, 3.8) is 0 Å². The van der Waals surface area contributed by atoms with Gasteiger partial charge in [-0.05, 0) is 24.3 Å². The topological polar surface area (TPSA) is 34.9 Å². The van der Waals surface area contributed by atoms with Gasteiger partial charge in [0, 0.05) is 12.3 Å². The van der Waals surface area contributed by atoms with E-state index in [9.17, 15) is 4.79 Å². The van der Waals surface area contributed by atoms with Crippen LogP contribution in [0.2, 0.25) is 0 Å². The van der Waals surface area contributed by atoms with Gasteiger partial charge in [-0.1, -0.05) is 12.6 Å². The maximum Gasteiger partial charge on any atom is 0.255 e. The molecule has 0 atom stereocenters. The Morgan fingerprint density at radius 2 is 2.13 bits per heavy atom. The van der Waals surface area contributed by atoms with Gasteiger partial charge in [-0.25, -0.2) is 0 Å². The molecule has 15 heavy (non-hydrogen) atoms. The second kappa shape index (κ2) is 3.92. The number of rotatable bonds is 2. The third kappa shape index (κ3) is 1.86. The molecule has 0 saturated carbocycles. The first-order chi connectivity index (χ1) is 7.31. The third-order valence-electron chi connectivity index (χ3n) is 2.08. The average molecular weight is 198 g/mol. The SMILES string of the molecule is C=Cc1ccc(-n2ccccc2=O)cn1. The van der Waals surface area contributed by atoms with Crippen LogP contribution in [-0.2, 0) is 0 Å². The monoisotopic (exact) mass is 198 g/mol. The van der Waals surface area contributed by atoms with Crippen LogP contribution in [0.3, 0.4) is 0 Å². The zero-order valence-corrected chi connectivity index (χ0v) is 8.13. The minimum Gasteiger partial charge on any atom is -0.283 e. The molecule has 2 aromatic heterocycles. The van der Waals surface area contributed by atoms with Crippen molar-refractivity contribution in [1.82, 2.24) is 9.55 Å². The Labute approximate surface area is 87.3 Å². The average Bonchev–Trinajstić information content (AvgIpc) is 2.30. The summed E-state index contributed by atoms with van der Waals surface area (Å²) in [6.07, 6.45) is 5.03. The second-order valence-electron chi connectivity index (χ2n) is 3.05. The molecule has 0 saturated heterocycles. The molecule has 0 amide bonds. The van der Waals surface area contributed by atoms with E-state index in [4.69, 9.17) is 0 Å². The molecule has 2 heterocycles. The molecule has 0 spiro atoms. The summed E-state index contributed by atoms with van der Waals surface area (Å²) >= 11 is 0. The maximum atomic E-state index is 11.5. The van der Waals surface area contributed by atoms with Crippen LogP contribution >= 0.6 is 0 Å². The van der Waals surface area contributed by atoms with E-state index in [0.29, 0.717) is 0 Å². The van der Waals surface area contributed by atoms with Crippen LogP contribution in [0.25, 0.3) is 11.8 Å². The number of nitrogens with zero attached hydrogens (tertiary/aromatic N) is 2. The Balaban J connectivity index is 2.51. The minimum absolute atomic E-state index is 0.0642. The lowest BCUT2D eigenvalue weighted by molar-refractivity contribution is 0.977. The molecule has 0 unspecified atom stereocenters. The predicted octanol–water partition coefficient (Wildman–Crippen LogP) is 1.88. The first-order valence-corrected chi connectivity index (χ1v) is 4.58. The Morgan fingerprint density at radius 3 is 2.73 bits per heavy atom. The lowest BCUT2D eigenvalue weighted by Crippen LogP contribution is -2.15. The van der Waals surface area contributed by atoms with Gasteiger partial charge in [0.1, 0.15) is 0 Å². The highest BCUT2D eigenvalue weighted by Crippen LogP contribution is 2.04. The van der Waals surface area contributed by atoms with Gasteiger partial charge in [0.25, 0.3) is 5.56 Å². The molecule has 0 fully saturated rings. The standard InChI is InChI=1S/C12H10N2O/c1-2-10-6-7-11(9-13-10)14-8-4-3-5-12(14)15/h2-9H,1H2. The van der Waals surface area contributed by atoms with Crippen molar-refractivity contribution in [2.24, 2.45) is 0 Å². The van der Waals surface area contributed by atoms with Crippen molar-refractivity contribution in [3.05, 3.63) is 65.4 Å². The number of hydrogen-bond acceptors (Lipinski definition) is 2. The molecule has 0 N–H and O–H groups in total. The fourth-order valence-corrected chi connectivity index (χ4v) is 1.30. The van der Waals surface area contributed by atoms with Crippen LogP contribution in [0.4, 0.5) is 0 Å². The van der Waals surface area contributed by atoms with Gasteiger partial charge >= 0.3 is 0 Å². The number of hydrogen-bond donors (Lipinski definition) is 0. The van der Waals surface area contributed by atoms with Gasteiger partial charge in [0.05, 0.1) is 17.6 Å². The Morgan fingerprint density at radius 1 is 1.27 bits per heavy atom. The molecular formula is C12H10N2O. The molecule has 0 aliphatic rings. The Hall–Kier alpha value is -2.16. The third-order valence-corrected chi connectivity index (χ3v) is 2.08. The molecular weight excluding hydrogens is 188 g/mol. The maximum absolute atomic E-state index is 11.5. The normalized spacial score (nSPS) is 9.87. The van der Waals surface area contributed by atoms with Crippen LogP contribution in [0.1, 0.15) is 5.69 Å². The van der Waals surface area contributed by atoms with Crippen LogP contribution < -0.4 is 5.56 Å². The van der Waals surface area contributed by atoms with E-state index in [-0.39, 0.29) is 5.56 Å². The molecule has 0 aromatic carbocycles. The van der Waals surface area contributed by atoms with Gasteiger partial charge in [-0.15, -0.1) is 0 Å². The van der Waals surface area contributed by atoms with E-state index < -0.39 is 0 Å². The highest BCUT2D eigenvalue weighted by molar-refractivity contribution is 5.43. The summed E-state index contributed by atoms with van der Waals surface area (Å²) in [4.78, 5) is 15.6. The van der Waals surface area contributed by atoms with E-state index in [1.165, 1.54) is 6.07 Å². The van der Waals surface area contributed by atoms with Crippen LogP contribution in [0.5, 0.6) is 0 Å². The van der Waals surface area contributed by atoms with Crippen molar-refractivity contribution >= 4 is 6.08 Å². The molecule has 2 aromatic rings. The van der Waals surface area contributed by atoms with Crippen molar-refractivity contribution in [2.45, 2.75) is 0 Å². The van der Waals surface area contributed by atoms with E-state index in [0.717, 1.165) is 11.4 Å². The molecule has 0 radical (unpaired) electrons. The first-order valence-electron chi connectivity index (χ1n) is 4.58. The summed E-state index contributed by atoms with van der Waals surface area (Å²) in [7, 11) is 0. The van der Waals surface area contributed by atoms with Gasteiger partial charge in [-0.3, -0.25) is 14.3 Å². The van der Waals surface area contributed by atoms with Crippen molar-refractivity contribution in [3.8, 4) is 5.69 Å². The molecule has 0 aliphatic carbocycles. The fourth-order valence-electron chi connectivity index (χ4n) is 1.30. The van der Waals surface area contributed by atoms with E-state index >= 15 is 0 Å². The summed E-state index contributed by atoms with van der Waals surface area (Å²) < 4.78 is 1.54. The molecule has 3 nitrogen and oxygen atoms in total. The van der Waals surface area contributed by atoms with Crippen molar-refractivity contribution < 1.29 is 0 Å². The van der Waals surface area contributed by atoms with Crippen molar-refractivity contribution in [1.29, 1.82) is 0 Å². The number of pyridine rings is 2. The van der Waals surface area contributed by atoms with Crippen molar-refractivity contribution in [2.75, 3.05) is 0 Å². The summed E-state index contributed by atoms with van der Waals surface area (Å²) in [5.74, 6) is 0. The molecule has 0 aliphatic heterocycles. The Bertz CT molecular complexity index is 526. The predicted molar refractivity (Wildman–Crippen MR) is 59.9 cm³/mol. The second-order valence-corrected chi connectivity index (χ2v) is 3.05. The summed E-state index contributed by atoms with van der Waals surface area (Å²) in [6.45, 7) is 3.62. The van der Waals surface area contributed by atoms with Crippen LogP contribution in [0, 0.1) is 0 Å².